The number of carbonyl (C=O) groups is 1. The highest BCUT2D eigenvalue weighted by molar-refractivity contribution is 7.91. The van der Waals surface area contributed by atoms with Crippen LogP contribution in [0.3, 0.4) is 0 Å². The molecule has 0 aromatic carbocycles. The van der Waals surface area contributed by atoms with Crippen molar-refractivity contribution < 1.29 is 17.9 Å². The highest BCUT2D eigenvalue weighted by atomic mass is 32.2. The molecule has 220 valence electrons. The lowest BCUT2D eigenvalue weighted by Crippen LogP contribution is -2.46. The number of piperidine rings is 1. The molecule has 15 heteroatoms. The van der Waals surface area contributed by atoms with Crippen LogP contribution in [0.5, 0.6) is 5.88 Å². The molecule has 5 aromatic rings. The van der Waals surface area contributed by atoms with Gasteiger partial charge in [0, 0.05) is 59.4 Å². The summed E-state index contributed by atoms with van der Waals surface area (Å²) in [6.07, 6.45) is 10.2. The second-order valence-electron chi connectivity index (χ2n) is 10.9. The number of sulfone groups is 1. The Kier molecular flexibility index (Phi) is 6.34. The van der Waals surface area contributed by atoms with Crippen molar-refractivity contribution in [3.05, 3.63) is 60.7 Å². The van der Waals surface area contributed by atoms with Gasteiger partial charge in [0.05, 0.1) is 24.7 Å². The molecule has 2 aliphatic rings. The van der Waals surface area contributed by atoms with Crippen molar-refractivity contribution in [2.75, 3.05) is 19.1 Å². The summed E-state index contributed by atoms with van der Waals surface area (Å²) in [5.74, 6) is 0.297. The van der Waals surface area contributed by atoms with E-state index >= 15 is 0 Å². The third-order valence-electron chi connectivity index (χ3n) is 8.32. The zero-order valence-electron chi connectivity index (χ0n) is 23.4. The second kappa shape index (κ2) is 10.1. The van der Waals surface area contributed by atoms with Crippen LogP contribution < -0.4 is 10.5 Å². The van der Waals surface area contributed by atoms with Crippen molar-refractivity contribution in [2.45, 2.75) is 48.6 Å². The largest absolute Gasteiger partial charge is 0.481 e. The van der Waals surface area contributed by atoms with E-state index in [-0.39, 0.29) is 40.4 Å². The molecular formula is C28H28N10O4S. The Morgan fingerprint density at radius 3 is 2.37 bits per heavy atom. The SMILES string of the molecule is COc1ccc(-c2ccc(-c3cnn4c(N)c(S(C)(=O)=O)c(C5C[C@H]6CC[C@@H](C5)N6C(=O)c5ncn[nH]5)nc34)cn2)cn1. The highest BCUT2D eigenvalue weighted by Gasteiger charge is 2.46. The summed E-state index contributed by atoms with van der Waals surface area (Å²) in [5, 5.41) is 10.9. The fraction of sp³-hybridized carbons (Fsp3) is 0.321. The molecule has 1 amide bonds. The Labute approximate surface area is 246 Å². The second-order valence-corrected chi connectivity index (χ2v) is 12.9. The van der Waals surface area contributed by atoms with Gasteiger partial charge in [-0.05, 0) is 37.8 Å². The number of aromatic amines is 1. The Morgan fingerprint density at radius 2 is 1.77 bits per heavy atom. The van der Waals surface area contributed by atoms with Gasteiger partial charge in [0.15, 0.2) is 15.5 Å². The zero-order chi connectivity index (χ0) is 29.9. The molecule has 0 saturated carbocycles. The van der Waals surface area contributed by atoms with Gasteiger partial charge < -0.3 is 15.4 Å². The maximum atomic E-state index is 13.2. The van der Waals surface area contributed by atoms with Gasteiger partial charge in [-0.3, -0.25) is 14.9 Å². The summed E-state index contributed by atoms with van der Waals surface area (Å²) in [4.78, 5) is 32.8. The van der Waals surface area contributed by atoms with Gasteiger partial charge in [0.25, 0.3) is 5.91 Å². The Bertz CT molecular complexity index is 1930. The lowest BCUT2D eigenvalue weighted by molar-refractivity contribution is 0.0556. The normalized spacial score (nSPS) is 20.0. The minimum absolute atomic E-state index is 0.00940. The number of amides is 1. The summed E-state index contributed by atoms with van der Waals surface area (Å²) >= 11 is 0. The third kappa shape index (κ3) is 4.56. The van der Waals surface area contributed by atoms with Crippen LogP contribution in [-0.4, -0.2) is 84.4 Å². The lowest BCUT2D eigenvalue weighted by Gasteiger charge is -2.38. The van der Waals surface area contributed by atoms with E-state index in [1.165, 1.54) is 10.8 Å². The first-order valence-corrected chi connectivity index (χ1v) is 15.6. The number of ether oxygens (including phenoxy) is 1. The van der Waals surface area contributed by atoms with Gasteiger partial charge in [-0.15, -0.1) is 0 Å². The predicted molar refractivity (Wildman–Crippen MR) is 155 cm³/mol. The number of nitrogens with zero attached hydrogens (tertiary/aromatic N) is 8. The van der Waals surface area contributed by atoms with Crippen LogP contribution in [0.4, 0.5) is 5.82 Å². The molecule has 1 unspecified atom stereocenters. The van der Waals surface area contributed by atoms with E-state index in [2.05, 4.69) is 30.2 Å². The van der Waals surface area contributed by atoms with Crippen LogP contribution in [0.1, 0.15) is 47.9 Å². The zero-order valence-corrected chi connectivity index (χ0v) is 24.2. The fourth-order valence-electron chi connectivity index (χ4n) is 6.42. The van der Waals surface area contributed by atoms with Crippen molar-refractivity contribution in [3.8, 4) is 28.3 Å². The topological polar surface area (TPSA) is 187 Å². The van der Waals surface area contributed by atoms with Crippen molar-refractivity contribution in [1.82, 2.24) is 44.6 Å². The molecule has 14 nitrogen and oxygen atoms in total. The number of methoxy groups -OCH3 is 1. The lowest BCUT2D eigenvalue weighted by atomic mass is 9.87. The van der Waals surface area contributed by atoms with Crippen LogP contribution in [0.25, 0.3) is 28.0 Å². The van der Waals surface area contributed by atoms with Crippen LogP contribution in [0.15, 0.2) is 54.1 Å². The molecule has 2 saturated heterocycles. The molecule has 7 heterocycles. The number of pyridine rings is 2. The molecule has 43 heavy (non-hydrogen) atoms. The molecule has 7 rings (SSSR count). The van der Waals surface area contributed by atoms with E-state index < -0.39 is 9.84 Å². The molecule has 2 aliphatic heterocycles. The average Bonchev–Trinajstić information content (AvgIpc) is 3.75. The smallest absolute Gasteiger partial charge is 0.291 e. The van der Waals surface area contributed by atoms with E-state index in [9.17, 15) is 13.2 Å². The molecule has 3 N–H and O–H groups in total. The van der Waals surface area contributed by atoms with E-state index in [0.29, 0.717) is 35.6 Å². The summed E-state index contributed by atoms with van der Waals surface area (Å²) in [6, 6.07) is 7.26. The molecule has 5 aromatic heterocycles. The molecule has 2 bridgehead atoms. The molecule has 0 radical (unpaired) electrons. The summed E-state index contributed by atoms with van der Waals surface area (Å²) < 4.78 is 32.7. The number of aromatic nitrogens is 8. The summed E-state index contributed by atoms with van der Waals surface area (Å²) in [6.45, 7) is 0. The van der Waals surface area contributed by atoms with E-state index in [1.807, 2.05) is 23.1 Å². The van der Waals surface area contributed by atoms with Crippen LogP contribution >= 0.6 is 0 Å². The third-order valence-corrected chi connectivity index (χ3v) is 9.48. The number of rotatable bonds is 6. The number of fused-ring (bicyclic) bond motifs is 3. The van der Waals surface area contributed by atoms with E-state index in [4.69, 9.17) is 15.5 Å². The first kappa shape index (κ1) is 26.9. The molecule has 0 spiro atoms. The number of nitrogen functional groups attached to an aromatic ring is 1. The number of hydrogen-bond donors (Lipinski definition) is 2. The quantitative estimate of drug-likeness (QED) is 0.291. The van der Waals surface area contributed by atoms with E-state index in [0.717, 1.165) is 35.9 Å². The number of H-pyrrole nitrogens is 1. The first-order chi connectivity index (χ1) is 20.7. The highest BCUT2D eigenvalue weighted by Crippen LogP contribution is 2.45. The fourth-order valence-corrected chi connectivity index (χ4v) is 7.48. The minimum atomic E-state index is -3.76. The number of nitrogens with one attached hydrogen (secondary N) is 1. The molecule has 3 atom stereocenters. The van der Waals surface area contributed by atoms with Crippen molar-refractivity contribution in [1.29, 1.82) is 0 Å². The molecular weight excluding hydrogens is 572 g/mol. The van der Waals surface area contributed by atoms with Crippen LogP contribution in [-0.2, 0) is 9.84 Å². The standard InChI is InChI=1S/C28H28N10O4S/c1-42-22-8-4-16(12-31-22)21-7-3-15(11-30-21)20-13-34-38-25(29)24(43(2,40)41)23(35-27(20)38)17-9-18-5-6-19(10-17)37(18)28(39)26-32-14-33-36-26/h3-4,7-8,11-14,17-19H,5-6,9-10,29H2,1-2H3,(H,32,33,36)/t17?,18-,19+. The number of hydrogen-bond acceptors (Lipinski definition) is 11. The first-order valence-electron chi connectivity index (χ1n) is 13.7. The van der Waals surface area contributed by atoms with Gasteiger partial charge in [-0.1, -0.05) is 6.07 Å². The van der Waals surface area contributed by atoms with Gasteiger partial charge in [-0.25, -0.2) is 23.4 Å². The van der Waals surface area contributed by atoms with Crippen molar-refractivity contribution in [2.24, 2.45) is 0 Å². The molecule has 0 aliphatic carbocycles. The van der Waals surface area contributed by atoms with Gasteiger partial charge in [0.2, 0.25) is 11.7 Å². The minimum Gasteiger partial charge on any atom is -0.481 e. The summed E-state index contributed by atoms with van der Waals surface area (Å²) in [5.41, 5.74) is 10.3. The number of nitrogens with two attached hydrogens (primary N) is 1. The molecule has 2 fully saturated rings. The maximum absolute atomic E-state index is 13.2. The van der Waals surface area contributed by atoms with Gasteiger partial charge >= 0.3 is 0 Å². The van der Waals surface area contributed by atoms with Gasteiger partial charge in [-0.2, -0.15) is 14.7 Å². The summed E-state index contributed by atoms with van der Waals surface area (Å²) in [7, 11) is -2.20. The predicted octanol–water partition coefficient (Wildman–Crippen LogP) is 2.52. The van der Waals surface area contributed by atoms with E-state index in [1.54, 1.807) is 31.8 Å². The number of anilines is 1. The number of carbonyl (C=O) groups excluding carboxylic acids is 1. The Morgan fingerprint density at radius 1 is 1.02 bits per heavy atom. The Hall–Kier alpha value is -4.92. The monoisotopic (exact) mass is 600 g/mol. The van der Waals surface area contributed by atoms with Crippen molar-refractivity contribution >= 4 is 27.2 Å². The maximum Gasteiger partial charge on any atom is 0.291 e. The van der Waals surface area contributed by atoms with Crippen LogP contribution in [0.2, 0.25) is 0 Å². The average molecular weight is 601 g/mol. The van der Waals surface area contributed by atoms with Crippen LogP contribution in [0, 0.1) is 0 Å². The van der Waals surface area contributed by atoms with Gasteiger partial charge in [0.1, 0.15) is 17.0 Å². The van der Waals surface area contributed by atoms with Crippen molar-refractivity contribution in [3.63, 3.8) is 0 Å². The Balaban J connectivity index is 1.26.